The predicted octanol–water partition coefficient (Wildman–Crippen LogP) is 23.9. The quantitative estimate of drug-likeness (QED) is 0.0266. The molecule has 0 saturated heterocycles. The number of nitrogens with one attached hydrogen (secondary N) is 5. The Bertz CT molecular complexity index is 8660. The van der Waals surface area contributed by atoms with Crippen molar-refractivity contribution in [3.8, 4) is 73.0 Å². The van der Waals surface area contributed by atoms with E-state index in [1.54, 1.807) is 156 Å². The molecule has 0 spiro atoms. The first-order chi connectivity index (χ1) is 71.7. The number of methoxy groups -OCH3 is 3. The van der Waals surface area contributed by atoms with Gasteiger partial charge in [0.1, 0.15) is 86.7 Å². The standard InChI is InChI=1S/C21H14F3N3O3S.C21H15F2N3O4S.C21H15F2N3O3S.2C20H14ClN3O4S/c1-9-5-13(22)15-6-14(26-27(15)7-9)19(28)25-20-16(21(29)30)12(8-31-20)11-4-3-10(2)17(23)18(11)24;1-10-5-6-11(18(23)17(10)22)12-9-31-20(16(12)21(28)29)24-19(27)13-8-14-15(30-2)4-3-7-26(14)25-13;1-10-3-5-12-7-15(25-26(12)8-10)19(27)24-20-16(21(28)29)14(9-30-20)13-6-4-11(2)17(22)18(13)23;1-28-16-3-2-8-24-15(16)9-14(23-24)18(25)22-19-17(20(26)27)13(10-29-19)11-4-6-12(21)7-5-11;1-28-16-4-2-3-13-9-15(23-24(13)16)18(25)22-19-17(20(26)27)14(10-29-19)11-5-7-12(21)8-6-11/h3-8H,1-2H3,(H,25,28)(H,29,30);3-9H,1-2H3,(H,24,27)(H,28,29);3-9H,1-2H3,(H,24,27)(H,28,29);2*2-10H,1H3,(H,22,25)(H,26,27). The number of thiophene rings is 5. The van der Waals surface area contributed by atoms with Gasteiger partial charge in [0.25, 0.3) is 29.5 Å². The van der Waals surface area contributed by atoms with Crippen molar-refractivity contribution in [3.05, 3.63) is 362 Å². The highest BCUT2D eigenvalue weighted by Gasteiger charge is 2.33. The van der Waals surface area contributed by atoms with Crippen molar-refractivity contribution < 1.29 is 118 Å². The fraction of sp³-hybridized carbons (Fsp3) is 0.0777. The van der Waals surface area contributed by atoms with Crippen LogP contribution in [-0.4, -0.2) is 154 Å². The summed E-state index contributed by atoms with van der Waals surface area (Å²) in [5.41, 5.74) is 5.48. The third-order valence-corrected chi connectivity index (χ3v) is 27.6. The molecule has 20 aromatic rings. The Morgan fingerprint density at radius 2 is 0.640 bits per heavy atom. The van der Waals surface area contributed by atoms with Gasteiger partial charge in [-0.2, -0.15) is 25.5 Å². The van der Waals surface area contributed by atoms with Gasteiger partial charge in [0, 0.05) is 124 Å². The molecule has 0 saturated carbocycles. The number of hydrogen-bond donors (Lipinski definition) is 10. The van der Waals surface area contributed by atoms with Crippen LogP contribution in [-0.2, 0) is 0 Å². The van der Waals surface area contributed by atoms with Crippen LogP contribution >= 0.6 is 79.9 Å². The average molecular weight is 2170 g/mol. The number of carboxylic acids is 5. The number of halogens is 9. The highest BCUT2D eigenvalue weighted by Crippen LogP contribution is 2.45. The van der Waals surface area contributed by atoms with Gasteiger partial charge in [-0.25, -0.2) is 77.3 Å². The molecule has 15 heterocycles. The van der Waals surface area contributed by atoms with Gasteiger partial charge in [0.15, 0.2) is 63.4 Å². The van der Waals surface area contributed by atoms with E-state index in [0.717, 1.165) is 62.2 Å². The van der Waals surface area contributed by atoms with Gasteiger partial charge < -0.3 is 66.3 Å². The predicted molar refractivity (Wildman–Crippen MR) is 552 cm³/mol. The van der Waals surface area contributed by atoms with Crippen LogP contribution in [0.5, 0.6) is 17.4 Å². The molecule has 33 nitrogen and oxygen atoms in total. The van der Waals surface area contributed by atoms with Crippen LogP contribution in [0.2, 0.25) is 10.0 Å². The minimum absolute atomic E-state index is 0.00942. The molecule has 0 aliphatic rings. The first kappa shape index (κ1) is 105. The highest BCUT2D eigenvalue weighted by atomic mass is 35.5. The van der Waals surface area contributed by atoms with Crippen molar-refractivity contribution in [3.63, 3.8) is 0 Å². The van der Waals surface area contributed by atoms with Gasteiger partial charge in [-0.05, 0) is 158 Å². The van der Waals surface area contributed by atoms with E-state index in [-0.39, 0.29) is 137 Å². The number of benzene rings is 5. The van der Waals surface area contributed by atoms with Gasteiger partial charge in [-0.1, -0.05) is 96.0 Å². The number of aromatic nitrogens is 10. The summed E-state index contributed by atoms with van der Waals surface area (Å²) in [6.45, 7) is 7.77. The maximum Gasteiger partial charge on any atom is 0.339 e. The number of fused-ring (bicyclic) bond motifs is 5. The number of hydrogen-bond acceptors (Lipinski definition) is 23. The smallest absolute Gasteiger partial charge is 0.339 e. The second kappa shape index (κ2) is 44.3. The Balaban J connectivity index is 0.000000133. The molecule has 15 aromatic heterocycles. The van der Waals surface area contributed by atoms with Gasteiger partial charge >= 0.3 is 29.8 Å². The lowest BCUT2D eigenvalue weighted by molar-refractivity contribution is 0.0688. The molecule has 150 heavy (non-hydrogen) atoms. The van der Waals surface area contributed by atoms with Crippen LogP contribution in [0.3, 0.4) is 0 Å². The van der Waals surface area contributed by atoms with Crippen LogP contribution in [0.25, 0.3) is 83.2 Å². The van der Waals surface area contributed by atoms with Crippen molar-refractivity contribution in [2.75, 3.05) is 47.9 Å². The minimum atomic E-state index is -1.43. The SMILES string of the molecule is COc1cccc2cc(C(=O)Nc3scc(-c4ccc(Cl)cc4)c3C(=O)O)nn12.COc1cccn2nc(C(=O)Nc3scc(-c4ccc(C)c(F)c4F)c3C(=O)O)cc12.COc1cccn2nc(C(=O)Nc3scc(-c4ccc(Cl)cc4)c3C(=O)O)cc12.Cc1cc(F)c2cc(C(=O)Nc3scc(-c4ccc(C)c(F)c4F)c3C(=O)O)nn2c1.Cc1ccc2cc(C(=O)Nc3scc(-c4ccc(C)c(F)c4F)c3C(=O)O)nn2c1. The first-order valence-electron chi connectivity index (χ1n) is 43.6. The molecule has 0 radical (unpaired) electrons. The third-order valence-electron chi connectivity index (χ3n) is 22.6. The molecule has 5 amide bonds. The molecular formula is C103H72Cl2F7N15O18S5. The number of amides is 5. The van der Waals surface area contributed by atoms with E-state index in [0.29, 0.717) is 77.3 Å². The summed E-state index contributed by atoms with van der Waals surface area (Å²) in [6.07, 6.45) is 6.62. The van der Waals surface area contributed by atoms with E-state index >= 15 is 0 Å². The second-order valence-corrected chi connectivity index (χ2v) is 37.7. The molecule has 0 fully saturated rings. The molecule has 47 heteroatoms. The zero-order valence-electron chi connectivity index (χ0n) is 78.4. The summed E-state index contributed by atoms with van der Waals surface area (Å²) in [6, 6.07) is 46.3. The van der Waals surface area contributed by atoms with Crippen molar-refractivity contribution in [2.24, 2.45) is 0 Å². The number of carbonyl (C=O) groups excluding carboxylic acids is 5. The normalized spacial score (nSPS) is 11.0. The topological polar surface area (TPSA) is 446 Å². The number of aryl methyl sites for hydroxylation is 5. The van der Waals surface area contributed by atoms with Crippen LogP contribution < -0.4 is 40.8 Å². The Hall–Kier alpha value is -17.8. The number of aromatic carboxylic acids is 5. The molecule has 10 N–H and O–H groups in total. The number of nitrogens with zero attached hydrogens (tertiary/aromatic N) is 10. The summed E-state index contributed by atoms with van der Waals surface area (Å²) in [7, 11) is 4.53. The van der Waals surface area contributed by atoms with Gasteiger partial charge in [0.2, 0.25) is 5.88 Å². The number of carbonyl (C=O) groups is 10. The molecule has 0 unspecified atom stereocenters. The second-order valence-electron chi connectivity index (χ2n) is 32.4. The van der Waals surface area contributed by atoms with E-state index in [9.17, 15) is 104 Å². The van der Waals surface area contributed by atoms with Crippen LogP contribution in [0.15, 0.2) is 228 Å². The van der Waals surface area contributed by atoms with Crippen molar-refractivity contribution in [2.45, 2.75) is 34.6 Å². The van der Waals surface area contributed by atoms with E-state index in [1.165, 1.54) is 137 Å². The van der Waals surface area contributed by atoms with Crippen LogP contribution in [0, 0.1) is 75.3 Å². The van der Waals surface area contributed by atoms with E-state index in [2.05, 4.69) is 52.1 Å². The maximum atomic E-state index is 14.4. The zero-order chi connectivity index (χ0) is 107. The van der Waals surface area contributed by atoms with Crippen molar-refractivity contribution in [1.29, 1.82) is 0 Å². The Kier molecular flexibility index (Phi) is 31.0. The summed E-state index contributed by atoms with van der Waals surface area (Å²) >= 11 is 16.7. The third kappa shape index (κ3) is 21.9. The molecule has 20 rings (SSSR count). The molecule has 5 aromatic carbocycles. The van der Waals surface area contributed by atoms with Crippen LogP contribution in [0.1, 0.15) is 132 Å². The number of carboxylic acid groups (broad SMARTS) is 5. The summed E-state index contributed by atoms with van der Waals surface area (Å²) in [5, 5.41) is 91.0. The van der Waals surface area contributed by atoms with Crippen molar-refractivity contribution in [1.82, 2.24) is 48.1 Å². The molecule has 0 bridgehead atoms. The highest BCUT2D eigenvalue weighted by molar-refractivity contribution is 7.17. The summed E-state index contributed by atoms with van der Waals surface area (Å²) < 4.78 is 122. The van der Waals surface area contributed by atoms with Crippen molar-refractivity contribution >= 4 is 192 Å². The zero-order valence-corrected chi connectivity index (χ0v) is 84.0. The number of pyridine rings is 5. The van der Waals surface area contributed by atoms with Gasteiger partial charge in [-0.3, -0.25) is 24.0 Å². The average Bonchev–Trinajstić information content (AvgIpc) is 1.69. The number of rotatable bonds is 23. The van der Waals surface area contributed by atoms with E-state index in [1.807, 2.05) is 13.0 Å². The molecule has 0 aliphatic heterocycles. The fourth-order valence-electron chi connectivity index (χ4n) is 15.3. The lowest BCUT2D eigenvalue weighted by atomic mass is 10.0. The molecule has 760 valence electrons. The Labute approximate surface area is 870 Å². The Morgan fingerprint density at radius 3 is 1.01 bits per heavy atom. The number of anilines is 5. The maximum absolute atomic E-state index is 14.4. The van der Waals surface area contributed by atoms with Gasteiger partial charge in [0.05, 0.1) is 32.4 Å². The van der Waals surface area contributed by atoms with E-state index < -0.39 is 100 Å². The summed E-state index contributed by atoms with van der Waals surface area (Å²) in [4.78, 5) is 123. The lowest BCUT2D eigenvalue weighted by Crippen LogP contribution is -2.14. The summed E-state index contributed by atoms with van der Waals surface area (Å²) in [5.74, 6) is -15.1. The van der Waals surface area contributed by atoms with Crippen LogP contribution in [0.4, 0.5) is 55.7 Å². The molecule has 0 aliphatic carbocycles. The van der Waals surface area contributed by atoms with Gasteiger partial charge in [-0.15, -0.1) is 56.7 Å². The monoisotopic (exact) mass is 2170 g/mol. The molecular weight excluding hydrogens is 2100 g/mol. The fourth-order valence-corrected chi connectivity index (χ4v) is 20.3. The largest absolute Gasteiger partial charge is 0.494 e. The number of ether oxygens (including phenoxy) is 3. The Morgan fingerprint density at radius 1 is 0.313 bits per heavy atom. The minimum Gasteiger partial charge on any atom is -0.494 e. The molecule has 0 atom stereocenters. The first-order valence-corrected chi connectivity index (χ1v) is 48.7. The lowest BCUT2D eigenvalue weighted by Gasteiger charge is -2.07. The van der Waals surface area contributed by atoms with E-state index in [4.69, 9.17) is 37.4 Å².